The number of hydrogen-bond donors (Lipinski definition) is 0. The number of benzene rings is 1. The first-order chi connectivity index (χ1) is 12.3. The fourth-order valence-corrected chi connectivity index (χ4v) is 4.02. The molecule has 0 N–H and O–H groups in total. The first-order valence-corrected chi connectivity index (χ1v) is 9.03. The molecule has 2 heterocycles. The summed E-state index contributed by atoms with van der Waals surface area (Å²) >= 11 is 0. The maximum Gasteiger partial charge on any atom is 0.389 e. The van der Waals surface area contributed by atoms with Gasteiger partial charge in [-0.2, -0.15) is 13.2 Å². The fraction of sp³-hybridized carbons (Fsp3) is 0.632. The monoisotopic (exact) mass is 370 g/mol. The van der Waals surface area contributed by atoms with Crippen molar-refractivity contribution in [3.8, 4) is 0 Å². The molecule has 0 aliphatic carbocycles. The van der Waals surface area contributed by atoms with Crippen molar-refractivity contribution < 1.29 is 22.7 Å². The largest absolute Gasteiger partial charge is 0.389 e. The van der Waals surface area contributed by atoms with Crippen LogP contribution in [0.1, 0.15) is 31.7 Å². The standard InChI is InChI=1S/C19H25F3N2O2/c1-18-14-23(10-5-9-19(20,21)22)11-8-16(18)24(17(25)13-26-18)12-15-6-3-2-4-7-15/h2-4,6-7,16H,5,8-14H2,1H3/t16-,18-/m1/s1. The van der Waals surface area contributed by atoms with Crippen LogP contribution < -0.4 is 0 Å². The zero-order valence-electron chi connectivity index (χ0n) is 15.0. The van der Waals surface area contributed by atoms with E-state index >= 15 is 0 Å². The van der Waals surface area contributed by atoms with E-state index in [-0.39, 0.29) is 25.0 Å². The molecule has 1 amide bonds. The minimum atomic E-state index is -4.11. The van der Waals surface area contributed by atoms with E-state index in [1.807, 2.05) is 47.1 Å². The van der Waals surface area contributed by atoms with E-state index in [2.05, 4.69) is 0 Å². The number of likely N-dealkylation sites (tertiary alicyclic amines) is 1. The minimum Gasteiger partial charge on any atom is -0.362 e. The van der Waals surface area contributed by atoms with Crippen molar-refractivity contribution >= 4 is 5.91 Å². The fourth-order valence-electron chi connectivity index (χ4n) is 4.02. The van der Waals surface area contributed by atoms with E-state index in [4.69, 9.17) is 4.74 Å². The topological polar surface area (TPSA) is 32.8 Å². The molecule has 0 unspecified atom stereocenters. The molecule has 3 rings (SSSR count). The minimum absolute atomic E-state index is 0.0240. The number of ether oxygens (including phenoxy) is 1. The summed E-state index contributed by atoms with van der Waals surface area (Å²) in [6.45, 7) is 4.16. The Hall–Kier alpha value is -1.60. The smallest absolute Gasteiger partial charge is 0.362 e. The highest BCUT2D eigenvalue weighted by molar-refractivity contribution is 5.79. The Morgan fingerprint density at radius 1 is 1.27 bits per heavy atom. The molecule has 2 saturated heterocycles. The number of amides is 1. The summed E-state index contributed by atoms with van der Waals surface area (Å²) in [6, 6.07) is 9.76. The highest BCUT2D eigenvalue weighted by Gasteiger charge is 2.48. The maximum atomic E-state index is 12.4. The predicted molar refractivity (Wildman–Crippen MR) is 91.5 cm³/mol. The van der Waals surface area contributed by atoms with Crippen molar-refractivity contribution in [1.82, 2.24) is 9.80 Å². The molecule has 1 aromatic carbocycles. The quantitative estimate of drug-likeness (QED) is 0.798. The van der Waals surface area contributed by atoms with E-state index < -0.39 is 18.2 Å². The van der Waals surface area contributed by atoms with Crippen molar-refractivity contribution in [1.29, 1.82) is 0 Å². The third-order valence-electron chi connectivity index (χ3n) is 5.31. The molecule has 1 aromatic rings. The van der Waals surface area contributed by atoms with Crippen LogP contribution >= 0.6 is 0 Å². The third kappa shape index (κ3) is 4.57. The average Bonchev–Trinajstić information content (AvgIpc) is 2.57. The molecule has 26 heavy (non-hydrogen) atoms. The van der Waals surface area contributed by atoms with Crippen molar-refractivity contribution in [3.05, 3.63) is 35.9 Å². The van der Waals surface area contributed by atoms with Gasteiger partial charge < -0.3 is 14.5 Å². The molecule has 0 bridgehead atoms. The third-order valence-corrected chi connectivity index (χ3v) is 5.31. The van der Waals surface area contributed by atoms with Crippen LogP contribution in [0.2, 0.25) is 0 Å². The second-order valence-electron chi connectivity index (χ2n) is 7.41. The average molecular weight is 370 g/mol. The Balaban J connectivity index is 1.63. The molecule has 144 valence electrons. The SMILES string of the molecule is C[C@@]12CN(CCCC(F)(F)F)CC[C@H]1N(Cc1ccccc1)C(=O)CO2. The lowest BCUT2D eigenvalue weighted by atomic mass is 9.85. The Morgan fingerprint density at radius 3 is 2.69 bits per heavy atom. The Bertz CT molecular complexity index is 623. The molecule has 0 spiro atoms. The van der Waals surface area contributed by atoms with Gasteiger partial charge in [0.1, 0.15) is 6.61 Å². The number of carbonyl (C=O) groups excluding carboxylic acids is 1. The van der Waals surface area contributed by atoms with Gasteiger partial charge in [0.2, 0.25) is 5.91 Å². The second-order valence-corrected chi connectivity index (χ2v) is 7.41. The lowest BCUT2D eigenvalue weighted by Gasteiger charge is -2.53. The van der Waals surface area contributed by atoms with Gasteiger partial charge in [-0.15, -0.1) is 0 Å². The number of morpholine rings is 1. The van der Waals surface area contributed by atoms with Crippen LogP contribution in [0.25, 0.3) is 0 Å². The van der Waals surface area contributed by atoms with E-state index in [0.29, 0.717) is 32.6 Å². The summed E-state index contributed by atoms with van der Waals surface area (Å²) in [5.41, 5.74) is 0.525. The molecule has 2 atom stereocenters. The number of piperidine rings is 1. The van der Waals surface area contributed by atoms with E-state index in [0.717, 1.165) is 5.56 Å². The van der Waals surface area contributed by atoms with Crippen molar-refractivity contribution in [2.45, 2.75) is 50.6 Å². The van der Waals surface area contributed by atoms with E-state index in [9.17, 15) is 18.0 Å². The van der Waals surface area contributed by atoms with Gasteiger partial charge in [0.15, 0.2) is 0 Å². The summed E-state index contributed by atoms with van der Waals surface area (Å²) in [7, 11) is 0. The number of rotatable bonds is 5. The molecule has 2 aliphatic heterocycles. The zero-order chi connectivity index (χ0) is 18.8. The molecular formula is C19H25F3N2O2. The van der Waals surface area contributed by atoms with Gasteiger partial charge in [0.05, 0.1) is 11.6 Å². The second kappa shape index (κ2) is 7.56. The van der Waals surface area contributed by atoms with Crippen LogP contribution in [-0.4, -0.2) is 59.8 Å². The molecule has 0 saturated carbocycles. The lowest BCUT2D eigenvalue weighted by Crippen LogP contribution is -2.67. The zero-order valence-corrected chi connectivity index (χ0v) is 15.0. The highest BCUT2D eigenvalue weighted by atomic mass is 19.4. The predicted octanol–water partition coefficient (Wildman–Crippen LogP) is 3.22. The first kappa shape index (κ1) is 19.2. The van der Waals surface area contributed by atoms with Crippen LogP contribution in [-0.2, 0) is 16.1 Å². The number of hydrogen-bond acceptors (Lipinski definition) is 3. The number of alkyl halides is 3. The number of halogens is 3. The van der Waals surface area contributed by atoms with Crippen LogP contribution in [0, 0.1) is 0 Å². The summed E-state index contributed by atoms with van der Waals surface area (Å²) in [6.07, 6.45) is -4.07. The first-order valence-electron chi connectivity index (χ1n) is 9.03. The van der Waals surface area contributed by atoms with Gasteiger partial charge >= 0.3 is 6.18 Å². The Kier molecular flexibility index (Phi) is 5.58. The van der Waals surface area contributed by atoms with Gasteiger partial charge in [-0.25, -0.2) is 0 Å². The Labute approximate surface area is 151 Å². The van der Waals surface area contributed by atoms with Crippen LogP contribution in [0.15, 0.2) is 30.3 Å². The molecule has 2 aliphatic rings. The summed E-state index contributed by atoms with van der Waals surface area (Å²) in [5, 5.41) is 0. The molecule has 7 heteroatoms. The van der Waals surface area contributed by atoms with Crippen molar-refractivity contribution in [2.75, 3.05) is 26.2 Å². The van der Waals surface area contributed by atoms with Gasteiger partial charge in [-0.1, -0.05) is 30.3 Å². The van der Waals surface area contributed by atoms with Gasteiger partial charge in [-0.3, -0.25) is 4.79 Å². The van der Waals surface area contributed by atoms with E-state index in [1.165, 1.54) is 0 Å². The molecular weight excluding hydrogens is 345 g/mol. The van der Waals surface area contributed by atoms with Gasteiger partial charge in [0.25, 0.3) is 0 Å². The summed E-state index contributed by atoms with van der Waals surface area (Å²) in [4.78, 5) is 16.3. The van der Waals surface area contributed by atoms with Crippen molar-refractivity contribution in [3.63, 3.8) is 0 Å². The van der Waals surface area contributed by atoms with Gasteiger partial charge in [-0.05, 0) is 31.9 Å². The van der Waals surface area contributed by atoms with E-state index in [1.54, 1.807) is 0 Å². The summed E-state index contributed by atoms with van der Waals surface area (Å²) in [5.74, 6) is -0.0261. The molecule has 2 fully saturated rings. The van der Waals surface area contributed by atoms with Crippen molar-refractivity contribution in [2.24, 2.45) is 0 Å². The maximum absolute atomic E-state index is 12.4. The molecule has 0 aromatic heterocycles. The van der Waals surface area contributed by atoms with Crippen LogP contribution in [0.4, 0.5) is 13.2 Å². The van der Waals surface area contributed by atoms with Gasteiger partial charge in [0, 0.05) is 26.1 Å². The highest BCUT2D eigenvalue weighted by Crippen LogP contribution is 2.34. The molecule has 4 nitrogen and oxygen atoms in total. The number of carbonyl (C=O) groups is 1. The Morgan fingerprint density at radius 2 is 2.00 bits per heavy atom. The summed E-state index contributed by atoms with van der Waals surface area (Å²) < 4.78 is 43.0. The normalized spacial score (nSPS) is 27.5. The van der Waals surface area contributed by atoms with Crippen LogP contribution in [0.3, 0.4) is 0 Å². The number of nitrogens with zero attached hydrogens (tertiary/aromatic N) is 2. The lowest BCUT2D eigenvalue weighted by molar-refractivity contribution is -0.189. The number of fused-ring (bicyclic) bond motifs is 1. The molecule has 0 radical (unpaired) electrons. The van der Waals surface area contributed by atoms with Crippen LogP contribution in [0.5, 0.6) is 0 Å².